The molecule has 0 amide bonds. The van der Waals surface area contributed by atoms with E-state index in [9.17, 15) is 9.90 Å². The van der Waals surface area contributed by atoms with Gasteiger partial charge in [0.25, 0.3) is 0 Å². The quantitative estimate of drug-likeness (QED) is 0.559. The molecule has 1 N–H and O–H groups in total. The van der Waals surface area contributed by atoms with Gasteiger partial charge in [-0.2, -0.15) is 0 Å². The first kappa shape index (κ1) is 20.8. The number of hydrogen-bond acceptors (Lipinski definition) is 4. The van der Waals surface area contributed by atoms with Gasteiger partial charge in [-0.1, -0.05) is 32.0 Å². The minimum absolute atomic E-state index is 0.130. The van der Waals surface area contributed by atoms with Crippen molar-refractivity contribution in [3.05, 3.63) is 65.0 Å². The van der Waals surface area contributed by atoms with Crippen molar-refractivity contribution >= 4 is 22.8 Å². The van der Waals surface area contributed by atoms with Gasteiger partial charge in [0.15, 0.2) is 5.76 Å². The molecule has 2 atom stereocenters. The summed E-state index contributed by atoms with van der Waals surface area (Å²) in [4.78, 5) is 15.5. The lowest BCUT2D eigenvalue weighted by Gasteiger charge is -2.35. The van der Waals surface area contributed by atoms with Crippen LogP contribution in [0, 0.1) is 11.8 Å². The molecule has 0 bridgehead atoms. The molecule has 0 spiro atoms. The lowest BCUT2D eigenvalue weighted by Crippen LogP contribution is -2.38. The van der Waals surface area contributed by atoms with Crippen LogP contribution in [0.25, 0.3) is 17.0 Å². The number of para-hydroxylation sites is 1. The van der Waals surface area contributed by atoms with Crippen LogP contribution in [0.3, 0.4) is 0 Å². The Labute approximate surface area is 188 Å². The first-order valence-corrected chi connectivity index (χ1v) is 11.5. The van der Waals surface area contributed by atoms with Gasteiger partial charge in [0, 0.05) is 48.8 Å². The van der Waals surface area contributed by atoms with E-state index in [0.717, 1.165) is 36.1 Å². The molecule has 32 heavy (non-hydrogen) atoms. The standard InChI is InChI=1S/C27H30N2O3/c1-4-29-15-19(20-7-5-6-8-23(20)29)12-25-26(31)21-9-10-24(30)22(27(21)32-25)16-28-13-17(2)11-18(3)14-28/h5-10,12,15,17-18,30H,4,11,13-14,16H2,1-3H3/t17-,18-/m1/s1. The topological polar surface area (TPSA) is 54.7 Å². The first-order chi connectivity index (χ1) is 15.4. The summed E-state index contributed by atoms with van der Waals surface area (Å²) in [5.41, 5.74) is 3.33. The fourth-order valence-corrected chi connectivity index (χ4v) is 5.39. The molecule has 1 aromatic heterocycles. The van der Waals surface area contributed by atoms with E-state index in [4.69, 9.17) is 4.74 Å². The number of aryl methyl sites for hydroxylation is 1. The van der Waals surface area contributed by atoms with E-state index in [-0.39, 0.29) is 11.5 Å². The molecule has 3 aromatic rings. The summed E-state index contributed by atoms with van der Waals surface area (Å²) in [5, 5.41) is 11.7. The van der Waals surface area contributed by atoms with Crippen LogP contribution in [0.15, 0.2) is 48.4 Å². The monoisotopic (exact) mass is 430 g/mol. The Balaban J connectivity index is 1.50. The van der Waals surface area contributed by atoms with Crippen LogP contribution in [0.5, 0.6) is 11.5 Å². The number of Topliss-reactive ketones (excluding diaryl/α,β-unsaturated/α-hetero) is 1. The van der Waals surface area contributed by atoms with Crippen LogP contribution < -0.4 is 4.74 Å². The van der Waals surface area contributed by atoms with Gasteiger partial charge in [0.05, 0.1) is 11.1 Å². The lowest BCUT2D eigenvalue weighted by molar-refractivity contribution is 0.101. The molecule has 0 aliphatic carbocycles. The Kier molecular flexibility index (Phi) is 5.30. The SMILES string of the molecule is CCn1cc(C=C2Oc3c(ccc(O)c3CN3C[C@H](C)C[C@@H](C)C3)C2=O)c2ccccc21. The molecule has 5 rings (SSSR count). The largest absolute Gasteiger partial charge is 0.507 e. The number of carbonyl (C=O) groups is 1. The number of hydrogen-bond donors (Lipinski definition) is 1. The van der Waals surface area contributed by atoms with Gasteiger partial charge in [-0.05, 0) is 49.5 Å². The molecule has 0 saturated carbocycles. The first-order valence-electron chi connectivity index (χ1n) is 11.5. The molecule has 166 valence electrons. The number of aromatic hydroxyl groups is 1. The zero-order valence-electron chi connectivity index (χ0n) is 19.0. The lowest BCUT2D eigenvalue weighted by atomic mass is 9.91. The van der Waals surface area contributed by atoms with Gasteiger partial charge in [0.1, 0.15) is 11.5 Å². The summed E-state index contributed by atoms with van der Waals surface area (Å²) in [7, 11) is 0. The number of benzene rings is 2. The van der Waals surface area contributed by atoms with Crippen LogP contribution >= 0.6 is 0 Å². The Morgan fingerprint density at radius 2 is 1.88 bits per heavy atom. The normalized spacial score (nSPS) is 22.5. The second-order valence-corrected chi connectivity index (χ2v) is 9.41. The Morgan fingerprint density at radius 3 is 2.62 bits per heavy atom. The van der Waals surface area contributed by atoms with Crippen LogP contribution in [0.2, 0.25) is 0 Å². The number of fused-ring (bicyclic) bond motifs is 2. The number of aromatic nitrogens is 1. The van der Waals surface area contributed by atoms with Crippen molar-refractivity contribution in [3.63, 3.8) is 0 Å². The molecule has 1 saturated heterocycles. The Hall–Kier alpha value is -3.05. The molecule has 2 aliphatic heterocycles. The van der Waals surface area contributed by atoms with Gasteiger partial charge >= 0.3 is 0 Å². The van der Waals surface area contributed by atoms with Gasteiger partial charge < -0.3 is 14.4 Å². The van der Waals surface area contributed by atoms with Crippen molar-refractivity contribution in [2.24, 2.45) is 11.8 Å². The number of allylic oxidation sites excluding steroid dienone is 1. The highest BCUT2D eigenvalue weighted by Crippen LogP contribution is 2.41. The molecule has 5 nitrogen and oxygen atoms in total. The van der Waals surface area contributed by atoms with E-state index in [1.807, 2.05) is 18.2 Å². The fraction of sp³-hybridized carbons (Fsp3) is 0.370. The van der Waals surface area contributed by atoms with Crippen LogP contribution in [0.4, 0.5) is 0 Å². The molecule has 0 radical (unpaired) electrons. The average molecular weight is 431 g/mol. The third-order valence-electron chi connectivity index (χ3n) is 6.69. The molecular formula is C27H30N2O3. The van der Waals surface area contributed by atoms with Gasteiger partial charge in [0.2, 0.25) is 5.78 Å². The second-order valence-electron chi connectivity index (χ2n) is 9.41. The molecule has 1 fully saturated rings. The van der Waals surface area contributed by atoms with Crippen molar-refractivity contribution in [1.82, 2.24) is 9.47 Å². The molecule has 3 heterocycles. The van der Waals surface area contributed by atoms with E-state index in [1.165, 1.54) is 6.42 Å². The maximum Gasteiger partial charge on any atom is 0.231 e. The molecule has 0 unspecified atom stereocenters. The number of rotatable bonds is 4. The highest BCUT2D eigenvalue weighted by Gasteiger charge is 2.33. The maximum atomic E-state index is 13.2. The summed E-state index contributed by atoms with van der Waals surface area (Å²) in [6.07, 6.45) is 5.12. The smallest absolute Gasteiger partial charge is 0.231 e. The van der Waals surface area contributed by atoms with E-state index in [1.54, 1.807) is 12.1 Å². The molecule has 2 aromatic carbocycles. The van der Waals surface area contributed by atoms with Gasteiger partial charge in [-0.25, -0.2) is 0 Å². The number of nitrogens with zero attached hydrogens (tertiary/aromatic N) is 2. The Bertz CT molecular complexity index is 1210. The molecule has 2 aliphatic rings. The van der Waals surface area contributed by atoms with Crippen LogP contribution in [0.1, 0.15) is 48.7 Å². The summed E-state index contributed by atoms with van der Waals surface area (Å²) in [5.74, 6) is 2.11. The average Bonchev–Trinajstić information content (AvgIpc) is 3.28. The number of phenols is 1. The van der Waals surface area contributed by atoms with E-state index in [0.29, 0.717) is 41.0 Å². The number of ketones is 1. The summed E-state index contributed by atoms with van der Waals surface area (Å²) in [6.45, 7) is 10.1. The van der Waals surface area contributed by atoms with Crippen LogP contribution in [-0.4, -0.2) is 33.4 Å². The number of ether oxygens (including phenoxy) is 1. The van der Waals surface area contributed by atoms with Crippen molar-refractivity contribution in [1.29, 1.82) is 0 Å². The number of likely N-dealkylation sites (tertiary alicyclic amines) is 1. The van der Waals surface area contributed by atoms with Crippen molar-refractivity contribution in [3.8, 4) is 11.5 Å². The predicted molar refractivity (Wildman–Crippen MR) is 127 cm³/mol. The zero-order valence-corrected chi connectivity index (χ0v) is 19.0. The Morgan fingerprint density at radius 1 is 1.12 bits per heavy atom. The fourth-order valence-electron chi connectivity index (χ4n) is 5.39. The van der Waals surface area contributed by atoms with Crippen LogP contribution in [-0.2, 0) is 13.1 Å². The number of carbonyl (C=O) groups excluding carboxylic acids is 1. The van der Waals surface area contributed by atoms with E-state index >= 15 is 0 Å². The summed E-state index contributed by atoms with van der Waals surface area (Å²) < 4.78 is 8.31. The minimum Gasteiger partial charge on any atom is -0.507 e. The maximum absolute atomic E-state index is 13.2. The highest BCUT2D eigenvalue weighted by atomic mass is 16.5. The number of phenolic OH excluding ortho intramolecular Hbond substituents is 1. The van der Waals surface area contributed by atoms with Gasteiger partial charge in [-0.3, -0.25) is 9.69 Å². The second kappa shape index (κ2) is 8.14. The van der Waals surface area contributed by atoms with E-state index in [2.05, 4.69) is 48.6 Å². The number of piperidine rings is 1. The third kappa shape index (κ3) is 3.61. The van der Waals surface area contributed by atoms with Crippen molar-refractivity contribution in [2.75, 3.05) is 13.1 Å². The third-order valence-corrected chi connectivity index (χ3v) is 6.69. The molecular weight excluding hydrogens is 400 g/mol. The zero-order chi connectivity index (χ0) is 22.4. The highest BCUT2D eigenvalue weighted by molar-refractivity contribution is 6.15. The predicted octanol–water partition coefficient (Wildman–Crippen LogP) is 5.46. The van der Waals surface area contributed by atoms with Crippen molar-refractivity contribution < 1.29 is 14.6 Å². The van der Waals surface area contributed by atoms with Crippen molar-refractivity contribution in [2.45, 2.75) is 40.3 Å². The van der Waals surface area contributed by atoms with E-state index < -0.39 is 0 Å². The molecule has 5 heteroatoms. The minimum atomic E-state index is -0.130. The summed E-state index contributed by atoms with van der Waals surface area (Å²) in [6, 6.07) is 11.5. The summed E-state index contributed by atoms with van der Waals surface area (Å²) >= 11 is 0. The van der Waals surface area contributed by atoms with Gasteiger partial charge in [-0.15, -0.1) is 0 Å².